The molecule has 14 heavy (non-hydrogen) atoms. The third kappa shape index (κ3) is 2.70. The predicted molar refractivity (Wildman–Crippen MR) is 52.2 cm³/mol. The summed E-state index contributed by atoms with van der Waals surface area (Å²) in [5.41, 5.74) is 4.19. The summed E-state index contributed by atoms with van der Waals surface area (Å²) < 4.78 is 0. The van der Waals surface area contributed by atoms with Crippen LogP contribution in [0.2, 0.25) is 0 Å². The molecular weight excluding hydrogens is 186 g/mol. The highest BCUT2D eigenvalue weighted by Crippen LogP contribution is 1.96. The third-order valence-corrected chi connectivity index (χ3v) is 1.69. The molecule has 1 rings (SSSR count). The molecular formula is C7H13N5O2. The van der Waals surface area contributed by atoms with Crippen molar-refractivity contribution in [3.63, 3.8) is 0 Å². The highest BCUT2D eigenvalue weighted by atomic mass is 16.2. The molecule has 1 aromatic heterocycles. The highest BCUT2D eigenvalue weighted by Gasteiger charge is 2.05. The molecule has 1 heterocycles. The van der Waals surface area contributed by atoms with E-state index in [0.29, 0.717) is 6.54 Å². The Labute approximate surface area is 79.7 Å². The van der Waals surface area contributed by atoms with E-state index in [-0.39, 0.29) is 11.9 Å². The van der Waals surface area contributed by atoms with Crippen LogP contribution in [-0.2, 0) is 0 Å². The van der Waals surface area contributed by atoms with Gasteiger partial charge in [-0.2, -0.15) is 0 Å². The minimum Gasteiger partial charge on any atom is -0.362 e. The van der Waals surface area contributed by atoms with Crippen LogP contribution in [0.5, 0.6) is 0 Å². The first-order valence-electron chi connectivity index (χ1n) is 4.29. The van der Waals surface area contributed by atoms with Crippen LogP contribution in [0.4, 0.5) is 5.82 Å². The van der Waals surface area contributed by atoms with Crippen LogP contribution < -0.4 is 22.3 Å². The fourth-order valence-corrected chi connectivity index (χ4v) is 1.00. The monoisotopic (exact) mass is 199 g/mol. The van der Waals surface area contributed by atoms with Gasteiger partial charge in [0.25, 0.3) is 5.56 Å². The van der Waals surface area contributed by atoms with Gasteiger partial charge in [-0.15, -0.1) is 5.10 Å². The summed E-state index contributed by atoms with van der Waals surface area (Å²) in [7, 11) is 0. The molecule has 78 valence electrons. The van der Waals surface area contributed by atoms with Crippen molar-refractivity contribution in [2.75, 3.05) is 11.9 Å². The van der Waals surface area contributed by atoms with Gasteiger partial charge >= 0.3 is 5.69 Å². The van der Waals surface area contributed by atoms with Crippen molar-refractivity contribution in [1.82, 2.24) is 15.2 Å². The van der Waals surface area contributed by atoms with Crippen molar-refractivity contribution < 1.29 is 0 Å². The first kappa shape index (κ1) is 10.5. The molecule has 1 atom stereocenters. The minimum absolute atomic E-state index is 0.0412. The van der Waals surface area contributed by atoms with E-state index in [2.05, 4.69) is 20.5 Å². The SMILES string of the molecule is CC(CCN)Nc1n[nH]c(=O)[nH]c1=O. The van der Waals surface area contributed by atoms with E-state index in [1.165, 1.54) is 0 Å². The molecule has 0 saturated carbocycles. The van der Waals surface area contributed by atoms with Gasteiger partial charge in [0.1, 0.15) is 0 Å². The van der Waals surface area contributed by atoms with Crippen LogP contribution >= 0.6 is 0 Å². The molecule has 0 spiro atoms. The topological polar surface area (TPSA) is 117 Å². The molecule has 0 aliphatic carbocycles. The van der Waals surface area contributed by atoms with Crippen LogP contribution in [0, 0.1) is 0 Å². The summed E-state index contributed by atoms with van der Waals surface area (Å²) in [4.78, 5) is 23.8. The molecule has 0 aliphatic heterocycles. The Morgan fingerprint density at radius 2 is 2.29 bits per heavy atom. The fraction of sp³-hybridized carbons (Fsp3) is 0.571. The summed E-state index contributed by atoms with van der Waals surface area (Å²) >= 11 is 0. The fourth-order valence-electron chi connectivity index (χ4n) is 1.00. The predicted octanol–water partition coefficient (Wildman–Crippen LogP) is -1.39. The molecule has 1 unspecified atom stereocenters. The molecule has 0 bridgehead atoms. The van der Waals surface area contributed by atoms with E-state index in [9.17, 15) is 9.59 Å². The van der Waals surface area contributed by atoms with Gasteiger partial charge in [0, 0.05) is 6.04 Å². The van der Waals surface area contributed by atoms with Gasteiger partial charge in [0.05, 0.1) is 0 Å². The Morgan fingerprint density at radius 3 is 2.86 bits per heavy atom. The normalized spacial score (nSPS) is 12.4. The van der Waals surface area contributed by atoms with E-state index in [1.54, 1.807) is 0 Å². The first-order valence-corrected chi connectivity index (χ1v) is 4.29. The smallest absolute Gasteiger partial charge is 0.342 e. The Morgan fingerprint density at radius 1 is 1.57 bits per heavy atom. The lowest BCUT2D eigenvalue weighted by Gasteiger charge is -2.11. The number of aromatic nitrogens is 3. The Hall–Kier alpha value is -1.63. The summed E-state index contributed by atoms with van der Waals surface area (Å²) in [6, 6.07) is 0.0412. The second-order valence-corrected chi connectivity index (χ2v) is 2.98. The van der Waals surface area contributed by atoms with Gasteiger partial charge in [0.2, 0.25) is 5.82 Å². The number of nitrogens with zero attached hydrogens (tertiary/aromatic N) is 1. The zero-order valence-corrected chi connectivity index (χ0v) is 7.83. The Bertz CT molecular complexity index is 396. The second-order valence-electron chi connectivity index (χ2n) is 2.98. The van der Waals surface area contributed by atoms with Gasteiger partial charge in [-0.25, -0.2) is 9.89 Å². The summed E-state index contributed by atoms with van der Waals surface area (Å²) in [6.07, 6.45) is 0.722. The summed E-state index contributed by atoms with van der Waals surface area (Å²) in [5.74, 6) is 0.102. The van der Waals surface area contributed by atoms with Crippen molar-refractivity contribution in [3.05, 3.63) is 20.8 Å². The van der Waals surface area contributed by atoms with Crippen LogP contribution in [-0.4, -0.2) is 27.8 Å². The average Bonchev–Trinajstić information content (AvgIpc) is 2.10. The maximum atomic E-state index is 11.1. The molecule has 0 aliphatic rings. The van der Waals surface area contributed by atoms with Crippen molar-refractivity contribution in [1.29, 1.82) is 0 Å². The van der Waals surface area contributed by atoms with Crippen LogP contribution in [0.25, 0.3) is 0 Å². The number of H-pyrrole nitrogens is 2. The van der Waals surface area contributed by atoms with Crippen molar-refractivity contribution >= 4 is 5.82 Å². The van der Waals surface area contributed by atoms with Crippen LogP contribution in [0.3, 0.4) is 0 Å². The zero-order valence-electron chi connectivity index (χ0n) is 7.83. The van der Waals surface area contributed by atoms with Crippen LogP contribution in [0.1, 0.15) is 13.3 Å². The van der Waals surface area contributed by atoms with Gasteiger partial charge in [-0.1, -0.05) is 0 Å². The van der Waals surface area contributed by atoms with Crippen molar-refractivity contribution in [2.24, 2.45) is 5.73 Å². The molecule has 5 N–H and O–H groups in total. The lowest BCUT2D eigenvalue weighted by atomic mass is 10.2. The van der Waals surface area contributed by atoms with Crippen molar-refractivity contribution in [3.8, 4) is 0 Å². The van der Waals surface area contributed by atoms with E-state index < -0.39 is 11.2 Å². The molecule has 0 fully saturated rings. The Kier molecular flexibility index (Phi) is 3.41. The number of anilines is 1. The molecule has 7 nitrogen and oxygen atoms in total. The largest absolute Gasteiger partial charge is 0.362 e. The zero-order chi connectivity index (χ0) is 10.6. The average molecular weight is 199 g/mol. The standard InChI is InChI=1S/C7H13N5O2/c1-4(2-3-8)9-5-6(13)10-7(14)12-11-5/h4H,2-3,8H2,1H3,(H,9,11)(H2,10,12,13,14). The Balaban J connectivity index is 2.77. The third-order valence-electron chi connectivity index (χ3n) is 1.69. The van der Waals surface area contributed by atoms with E-state index in [1.807, 2.05) is 6.92 Å². The number of rotatable bonds is 4. The molecule has 0 radical (unpaired) electrons. The van der Waals surface area contributed by atoms with Gasteiger partial charge in [-0.05, 0) is 19.9 Å². The lowest BCUT2D eigenvalue weighted by molar-refractivity contribution is 0.705. The van der Waals surface area contributed by atoms with Gasteiger partial charge in [0.15, 0.2) is 0 Å². The molecule has 1 aromatic rings. The van der Waals surface area contributed by atoms with Gasteiger partial charge < -0.3 is 11.1 Å². The first-order chi connectivity index (χ1) is 6.63. The molecule has 0 saturated heterocycles. The van der Waals surface area contributed by atoms with E-state index in [0.717, 1.165) is 6.42 Å². The van der Waals surface area contributed by atoms with Gasteiger partial charge in [-0.3, -0.25) is 9.78 Å². The minimum atomic E-state index is -0.618. The van der Waals surface area contributed by atoms with Crippen LogP contribution in [0.15, 0.2) is 9.59 Å². The van der Waals surface area contributed by atoms with Crippen molar-refractivity contribution in [2.45, 2.75) is 19.4 Å². The molecule has 0 amide bonds. The molecule has 0 aromatic carbocycles. The number of hydrogen-bond acceptors (Lipinski definition) is 5. The maximum absolute atomic E-state index is 11.1. The number of aromatic amines is 2. The van der Waals surface area contributed by atoms with E-state index >= 15 is 0 Å². The summed E-state index contributed by atoms with van der Waals surface area (Å²) in [6.45, 7) is 2.40. The number of hydrogen-bond donors (Lipinski definition) is 4. The number of nitrogens with one attached hydrogen (secondary N) is 3. The summed E-state index contributed by atoms with van der Waals surface area (Å²) in [5, 5.41) is 8.53. The maximum Gasteiger partial charge on any atom is 0.342 e. The lowest BCUT2D eigenvalue weighted by Crippen LogP contribution is -2.30. The number of nitrogens with two attached hydrogens (primary N) is 1. The quantitative estimate of drug-likeness (QED) is 0.476. The van der Waals surface area contributed by atoms with E-state index in [4.69, 9.17) is 5.73 Å². The molecule has 7 heteroatoms. The second kappa shape index (κ2) is 4.56. The highest BCUT2D eigenvalue weighted by molar-refractivity contribution is 5.29.